The number of aromatic amines is 1. The molecule has 0 atom stereocenters. The molecule has 1 heterocycles. The zero-order chi connectivity index (χ0) is 9.84. The van der Waals surface area contributed by atoms with Crippen LogP contribution in [0.3, 0.4) is 0 Å². The summed E-state index contributed by atoms with van der Waals surface area (Å²) in [4.78, 5) is 14.0. The molecule has 0 spiro atoms. The Kier molecular flexibility index (Phi) is 3.07. The number of hydrogen-bond donors (Lipinski definition) is 1. The van der Waals surface area contributed by atoms with E-state index in [9.17, 15) is 4.79 Å². The fourth-order valence-corrected chi connectivity index (χ4v) is 1.34. The molecule has 0 unspecified atom stereocenters. The zero-order valence-electron chi connectivity index (χ0n) is 8.35. The number of hydrogen-bond acceptors (Lipinski definition) is 1. The molecule has 1 aromatic rings. The third kappa shape index (κ3) is 2.31. The molecular weight excluding hydrogens is 162 g/mol. The van der Waals surface area contributed by atoms with Crippen LogP contribution in [-0.4, -0.2) is 4.98 Å². The van der Waals surface area contributed by atoms with Crippen LogP contribution in [0.5, 0.6) is 0 Å². The summed E-state index contributed by atoms with van der Waals surface area (Å²) >= 11 is 0. The Balaban J connectivity index is 3.29. The molecule has 0 saturated heterocycles. The Morgan fingerprint density at radius 3 is 2.77 bits per heavy atom. The van der Waals surface area contributed by atoms with Crippen LogP contribution in [-0.2, 0) is 6.42 Å². The van der Waals surface area contributed by atoms with Gasteiger partial charge in [0.15, 0.2) is 0 Å². The van der Waals surface area contributed by atoms with E-state index < -0.39 is 0 Å². The van der Waals surface area contributed by atoms with Crippen LogP contribution < -0.4 is 5.56 Å². The van der Waals surface area contributed by atoms with Crippen molar-refractivity contribution in [2.24, 2.45) is 0 Å². The van der Waals surface area contributed by atoms with E-state index in [0.29, 0.717) is 0 Å². The van der Waals surface area contributed by atoms with Gasteiger partial charge in [0.05, 0.1) is 0 Å². The molecule has 70 valence electrons. The van der Waals surface area contributed by atoms with Gasteiger partial charge in [-0.25, -0.2) is 0 Å². The van der Waals surface area contributed by atoms with Gasteiger partial charge >= 0.3 is 0 Å². The summed E-state index contributed by atoms with van der Waals surface area (Å²) in [7, 11) is 0. The van der Waals surface area contributed by atoms with Gasteiger partial charge in [0.25, 0.3) is 5.56 Å². The highest BCUT2D eigenvalue weighted by Crippen LogP contribution is 2.08. The molecule has 0 aliphatic heterocycles. The van der Waals surface area contributed by atoms with Gasteiger partial charge in [-0.15, -0.1) is 0 Å². The highest BCUT2D eigenvalue weighted by Gasteiger charge is 2.01. The predicted molar refractivity (Wildman–Crippen MR) is 55.8 cm³/mol. The van der Waals surface area contributed by atoms with Gasteiger partial charge in [-0.3, -0.25) is 4.79 Å². The molecule has 2 nitrogen and oxygen atoms in total. The molecule has 0 amide bonds. The van der Waals surface area contributed by atoms with Gasteiger partial charge in [-0.2, -0.15) is 0 Å². The second-order valence-electron chi connectivity index (χ2n) is 3.32. The summed E-state index contributed by atoms with van der Waals surface area (Å²) in [5, 5.41) is 0. The lowest BCUT2D eigenvalue weighted by atomic mass is 10.1. The molecule has 1 N–H and O–H groups in total. The van der Waals surface area contributed by atoms with E-state index in [2.05, 4.69) is 4.98 Å². The first-order valence-electron chi connectivity index (χ1n) is 4.50. The first-order chi connectivity index (χ1) is 6.15. The van der Waals surface area contributed by atoms with Gasteiger partial charge in [0.1, 0.15) is 0 Å². The summed E-state index contributed by atoms with van der Waals surface area (Å²) in [5.41, 5.74) is 3.13. The maximum atomic E-state index is 11.4. The molecule has 0 aliphatic carbocycles. The largest absolute Gasteiger partial charge is 0.329 e. The molecule has 0 fully saturated rings. The van der Waals surface area contributed by atoms with E-state index in [1.165, 1.54) is 5.57 Å². The number of nitrogens with one attached hydrogen (secondary N) is 1. The minimum absolute atomic E-state index is 0.0255. The average Bonchev–Trinajstić information content (AvgIpc) is 2.03. The van der Waals surface area contributed by atoms with E-state index in [1.807, 2.05) is 32.9 Å². The highest BCUT2D eigenvalue weighted by molar-refractivity contribution is 5.54. The topological polar surface area (TPSA) is 32.9 Å². The molecule has 1 aromatic heterocycles. The molecule has 0 aromatic carbocycles. The van der Waals surface area contributed by atoms with Crippen LogP contribution in [0.25, 0.3) is 6.08 Å². The Bertz CT molecular complexity index is 370. The number of aromatic nitrogens is 1. The lowest BCUT2D eigenvalue weighted by Crippen LogP contribution is -2.12. The van der Waals surface area contributed by atoms with Crippen LogP contribution in [0, 0.1) is 0 Å². The van der Waals surface area contributed by atoms with E-state index in [4.69, 9.17) is 0 Å². The van der Waals surface area contributed by atoms with Crippen molar-refractivity contribution in [2.75, 3.05) is 0 Å². The Morgan fingerprint density at radius 1 is 1.54 bits per heavy atom. The summed E-state index contributed by atoms with van der Waals surface area (Å²) in [6.45, 7) is 6.05. The van der Waals surface area contributed by atoms with Gasteiger partial charge < -0.3 is 4.98 Å². The zero-order valence-corrected chi connectivity index (χ0v) is 8.35. The van der Waals surface area contributed by atoms with Crippen LogP contribution in [0.2, 0.25) is 0 Å². The second kappa shape index (κ2) is 4.08. The second-order valence-corrected chi connectivity index (χ2v) is 3.32. The van der Waals surface area contributed by atoms with Crippen LogP contribution in [0.4, 0.5) is 0 Å². The summed E-state index contributed by atoms with van der Waals surface area (Å²) < 4.78 is 0. The van der Waals surface area contributed by atoms with Crippen molar-refractivity contribution in [3.05, 3.63) is 39.3 Å². The quantitative estimate of drug-likeness (QED) is 0.739. The Hall–Kier alpha value is -1.31. The highest BCUT2D eigenvalue weighted by atomic mass is 16.1. The summed E-state index contributed by atoms with van der Waals surface area (Å²) in [5.74, 6) is 0. The van der Waals surface area contributed by atoms with Crippen molar-refractivity contribution in [3.63, 3.8) is 0 Å². The number of rotatable bonds is 2. The monoisotopic (exact) mass is 177 g/mol. The fourth-order valence-electron chi connectivity index (χ4n) is 1.34. The van der Waals surface area contributed by atoms with Crippen molar-refractivity contribution in [1.82, 2.24) is 4.98 Å². The Labute approximate surface area is 78.3 Å². The standard InChI is InChI=1S/C11H15NO/c1-4-10-9(7-8(2)3)5-6-12-11(10)13/h5-7H,4H2,1-3H3,(H,12,13). The minimum atomic E-state index is 0.0255. The van der Waals surface area contributed by atoms with Gasteiger partial charge in [0, 0.05) is 11.8 Å². The average molecular weight is 177 g/mol. The number of allylic oxidation sites excluding steroid dienone is 1. The summed E-state index contributed by atoms with van der Waals surface area (Å²) in [6.07, 6.45) is 4.50. The predicted octanol–water partition coefficient (Wildman–Crippen LogP) is 2.36. The van der Waals surface area contributed by atoms with E-state index in [1.54, 1.807) is 6.20 Å². The van der Waals surface area contributed by atoms with Crippen molar-refractivity contribution >= 4 is 6.08 Å². The van der Waals surface area contributed by atoms with Gasteiger partial charge in [-0.1, -0.05) is 18.6 Å². The SMILES string of the molecule is CCc1c(C=C(C)C)cc[nH]c1=O. The molecule has 1 rings (SSSR count). The van der Waals surface area contributed by atoms with Gasteiger partial charge in [0.2, 0.25) is 0 Å². The minimum Gasteiger partial charge on any atom is -0.329 e. The first kappa shape index (κ1) is 9.78. The van der Waals surface area contributed by atoms with Crippen molar-refractivity contribution < 1.29 is 0 Å². The number of pyridine rings is 1. The first-order valence-corrected chi connectivity index (χ1v) is 4.50. The van der Waals surface area contributed by atoms with Gasteiger partial charge in [-0.05, 0) is 31.9 Å². The maximum Gasteiger partial charge on any atom is 0.251 e. The molecule has 13 heavy (non-hydrogen) atoms. The van der Waals surface area contributed by atoms with Crippen LogP contribution in [0.15, 0.2) is 22.6 Å². The number of H-pyrrole nitrogens is 1. The molecule has 0 saturated carbocycles. The smallest absolute Gasteiger partial charge is 0.251 e. The summed E-state index contributed by atoms with van der Waals surface area (Å²) in [6, 6.07) is 1.94. The van der Waals surface area contributed by atoms with Crippen molar-refractivity contribution in [1.29, 1.82) is 0 Å². The molecule has 0 aliphatic rings. The lowest BCUT2D eigenvalue weighted by Gasteiger charge is -2.01. The van der Waals surface area contributed by atoms with Crippen molar-refractivity contribution in [2.45, 2.75) is 27.2 Å². The molecule has 2 heteroatoms. The third-order valence-electron chi connectivity index (χ3n) is 1.90. The fraction of sp³-hybridized carbons (Fsp3) is 0.364. The molecular formula is C11H15NO. The molecule has 0 radical (unpaired) electrons. The Morgan fingerprint density at radius 2 is 2.23 bits per heavy atom. The van der Waals surface area contributed by atoms with E-state index in [-0.39, 0.29) is 5.56 Å². The van der Waals surface area contributed by atoms with E-state index >= 15 is 0 Å². The van der Waals surface area contributed by atoms with Crippen LogP contribution in [0.1, 0.15) is 31.9 Å². The van der Waals surface area contributed by atoms with Crippen molar-refractivity contribution in [3.8, 4) is 0 Å². The van der Waals surface area contributed by atoms with Crippen LogP contribution >= 0.6 is 0 Å². The molecule has 0 bridgehead atoms. The normalized spacial score (nSPS) is 9.77. The van der Waals surface area contributed by atoms with E-state index in [0.717, 1.165) is 17.5 Å². The lowest BCUT2D eigenvalue weighted by molar-refractivity contribution is 1.05. The maximum absolute atomic E-state index is 11.4. The third-order valence-corrected chi connectivity index (χ3v) is 1.90.